The summed E-state index contributed by atoms with van der Waals surface area (Å²) >= 11 is 0. The number of amides is 2. The molecule has 1 atom stereocenters. The van der Waals surface area contributed by atoms with E-state index in [1.807, 2.05) is 46.1 Å². The van der Waals surface area contributed by atoms with Crippen molar-refractivity contribution in [2.45, 2.75) is 38.8 Å². The first-order chi connectivity index (χ1) is 11.8. The van der Waals surface area contributed by atoms with Gasteiger partial charge in [0.05, 0.1) is 11.7 Å². The molecular weight excluding hydrogens is 300 g/mol. The molecule has 2 aromatic rings. The van der Waals surface area contributed by atoms with E-state index in [1.54, 1.807) is 6.20 Å². The second kappa shape index (κ2) is 7.81. The van der Waals surface area contributed by atoms with Gasteiger partial charge >= 0.3 is 6.03 Å². The van der Waals surface area contributed by atoms with Gasteiger partial charge in [0.2, 0.25) is 0 Å². The molecule has 1 aliphatic rings. The van der Waals surface area contributed by atoms with Crippen molar-refractivity contribution in [3.63, 3.8) is 0 Å². The Morgan fingerprint density at radius 1 is 1.33 bits per heavy atom. The van der Waals surface area contributed by atoms with Crippen molar-refractivity contribution in [1.29, 1.82) is 0 Å². The Kier molecular flexibility index (Phi) is 5.31. The summed E-state index contributed by atoms with van der Waals surface area (Å²) in [6, 6.07) is 10.2. The molecule has 24 heavy (non-hydrogen) atoms. The fourth-order valence-corrected chi connectivity index (χ4v) is 2.94. The van der Waals surface area contributed by atoms with E-state index < -0.39 is 0 Å². The molecule has 1 unspecified atom stereocenters. The summed E-state index contributed by atoms with van der Waals surface area (Å²) in [5.74, 6) is 0. The maximum atomic E-state index is 12.4. The Morgan fingerprint density at radius 3 is 2.88 bits per heavy atom. The largest absolute Gasteiger partial charge is 0.334 e. The Labute approximate surface area is 143 Å². The highest BCUT2D eigenvalue weighted by atomic mass is 16.2. The zero-order valence-electron chi connectivity index (χ0n) is 14.1. The van der Waals surface area contributed by atoms with Crippen LogP contribution in [0.3, 0.4) is 0 Å². The summed E-state index contributed by atoms with van der Waals surface area (Å²) in [7, 11) is 0. The van der Waals surface area contributed by atoms with Crippen LogP contribution >= 0.6 is 0 Å². The minimum atomic E-state index is 0.0113. The minimum absolute atomic E-state index is 0.0113. The molecular formula is C19H24N4O. The zero-order chi connectivity index (χ0) is 16.8. The minimum Gasteiger partial charge on any atom is -0.334 e. The molecule has 3 rings (SSSR count). The molecule has 1 aromatic carbocycles. The second-order valence-corrected chi connectivity index (χ2v) is 6.07. The summed E-state index contributed by atoms with van der Waals surface area (Å²) in [6.07, 6.45) is 11.2. The van der Waals surface area contributed by atoms with Crippen molar-refractivity contribution in [1.82, 2.24) is 20.0 Å². The third-order valence-electron chi connectivity index (χ3n) is 4.32. The Morgan fingerprint density at radius 2 is 2.17 bits per heavy atom. The molecule has 1 N–H and O–H groups in total. The first kappa shape index (κ1) is 16.3. The SMILES string of the molecule is CCCCC1C=CCN1C(=O)NCc1ccc(-n2cccn2)cc1. The van der Waals surface area contributed by atoms with Crippen molar-refractivity contribution in [2.75, 3.05) is 6.54 Å². The van der Waals surface area contributed by atoms with Crippen molar-refractivity contribution < 1.29 is 4.79 Å². The molecule has 5 nitrogen and oxygen atoms in total. The summed E-state index contributed by atoms with van der Waals surface area (Å²) in [6.45, 7) is 3.42. The first-order valence-electron chi connectivity index (χ1n) is 8.58. The number of hydrogen-bond donors (Lipinski definition) is 1. The lowest BCUT2D eigenvalue weighted by Gasteiger charge is -2.25. The van der Waals surface area contributed by atoms with Gasteiger partial charge in [0.25, 0.3) is 0 Å². The van der Waals surface area contributed by atoms with Gasteiger partial charge in [-0.25, -0.2) is 9.48 Å². The number of carbonyl (C=O) groups is 1. The van der Waals surface area contributed by atoms with E-state index in [4.69, 9.17) is 0 Å². The van der Waals surface area contributed by atoms with E-state index in [-0.39, 0.29) is 12.1 Å². The lowest BCUT2D eigenvalue weighted by molar-refractivity contribution is 0.193. The summed E-state index contributed by atoms with van der Waals surface area (Å²) in [5, 5.41) is 7.23. The molecule has 0 aliphatic carbocycles. The number of nitrogens with one attached hydrogen (secondary N) is 1. The van der Waals surface area contributed by atoms with Crippen LogP contribution in [-0.4, -0.2) is 33.3 Å². The van der Waals surface area contributed by atoms with Gasteiger partial charge in [-0.05, 0) is 30.2 Å². The van der Waals surface area contributed by atoms with Gasteiger partial charge in [0.1, 0.15) is 0 Å². The highest BCUT2D eigenvalue weighted by Crippen LogP contribution is 2.16. The highest BCUT2D eigenvalue weighted by molar-refractivity contribution is 5.75. The molecule has 0 radical (unpaired) electrons. The van der Waals surface area contributed by atoms with Crippen LogP contribution in [0.2, 0.25) is 0 Å². The fourth-order valence-electron chi connectivity index (χ4n) is 2.94. The summed E-state index contributed by atoms with van der Waals surface area (Å²) < 4.78 is 1.82. The van der Waals surface area contributed by atoms with Gasteiger partial charge in [0, 0.05) is 25.5 Å². The van der Waals surface area contributed by atoms with Crippen LogP contribution in [0, 0.1) is 0 Å². The Balaban J connectivity index is 1.52. The molecule has 0 saturated carbocycles. The summed E-state index contributed by atoms with van der Waals surface area (Å²) in [5.41, 5.74) is 2.09. The number of hydrogen-bond acceptors (Lipinski definition) is 2. The van der Waals surface area contributed by atoms with Crippen LogP contribution in [-0.2, 0) is 6.54 Å². The molecule has 1 aliphatic heterocycles. The van der Waals surface area contributed by atoms with E-state index in [1.165, 1.54) is 0 Å². The predicted molar refractivity (Wildman–Crippen MR) is 95.0 cm³/mol. The van der Waals surface area contributed by atoms with Crippen LogP contribution in [0.15, 0.2) is 54.9 Å². The third-order valence-corrected chi connectivity index (χ3v) is 4.32. The molecule has 5 heteroatoms. The average molecular weight is 324 g/mol. The lowest BCUT2D eigenvalue weighted by atomic mass is 10.1. The topological polar surface area (TPSA) is 50.2 Å². The van der Waals surface area contributed by atoms with E-state index >= 15 is 0 Å². The molecule has 0 bridgehead atoms. The van der Waals surface area contributed by atoms with Crippen LogP contribution < -0.4 is 5.32 Å². The number of unbranched alkanes of at least 4 members (excludes halogenated alkanes) is 1. The highest BCUT2D eigenvalue weighted by Gasteiger charge is 2.23. The van der Waals surface area contributed by atoms with Crippen molar-refractivity contribution in [3.05, 3.63) is 60.4 Å². The Bertz CT molecular complexity index is 676. The van der Waals surface area contributed by atoms with E-state index in [0.717, 1.165) is 30.5 Å². The molecule has 126 valence electrons. The smallest absolute Gasteiger partial charge is 0.318 e. The predicted octanol–water partition coefficient (Wildman–Crippen LogP) is 3.51. The number of nitrogens with zero attached hydrogens (tertiary/aromatic N) is 3. The molecule has 0 saturated heterocycles. The molecule has 2 heterocycles. The van der Waals surface area contributed by atoms with Crippen LogP contribution in [0.25, 0.3) is 5.69 Å². The van der Waals surface area contributed by atoms with Crippen LogP contribution in [0.4, 0.5) is 4.79 Å². The van der Waals surface area contributed by atoms with Crippen molar-refractivity contribution in [3.8, 4) is 5.69 Å². The van der Waals surface area contributed by atoms with Crippen LogP contribution in [0.1, 0.15) is 31.7 Å². The molecule has 0 spiro atoms. The van der Waals surface area contributed by atoms with Gasteiger partial charge in [-0.1, -0.05) is 44.1 Å². The maximum Gasteiger partial charge on any atom is 0.318 e. The fraction of sp³-hybridized carbons (Fsp3) is 0.368. The van der Waals surface area contributed by atoms with Gasteiger partial charge in [0.15, 0.2) is 0 Å². The number of urea groups is 1. The van der Waals surface area contributed by atoms with E-state index in [0.29, 0.717) is 13.1 Å². The van der Waals surface area contributed by atoms with E-state index in [9.17, 15) is 4.79 Å². The first-order valence-corrected chi connectivity index (χ1v) is 8.58. The summed E-state index contributed by atoms with van der Waals surface area (Å²) in [4.78, 5) is 14.3. The van der Waals surface area contributed by atoms with E-state index in [2.05, 4.69) is 29.5 Å². The van der Waals surface area contributed by atoms with Crippen molar-refractivity contribution in [2.24, 2.45) is 0 Å². The Hall–Kier alpha value is -2.56. The number of carbonyl (C=O) groups excluding carboxylic acids is 1. The monoisotopic (exact) mass is 324 g/mol. The van der Waals surface area contributed by atoms with Crippen molar-refractivity contribution >= 4 is 6.03 Å². The average Bonchev–Trinajstić information content (AvgIpc) is 3.30. The van der Waals surface area contributed by atoms with Gasteiger partial charge in [-0.3, -0.25) is 0 Å². The third kappa shape index (κ3) is 3.85. The number of benzene rings is 1. The molecule has 1 aromatic heterocycles. The lowest BCUT2D eigenvalue weighted by Crippen LogP contribution is -2.42. The van der Waals surface area contributed by atoms with Crippen LogP contribution in [0.5, 0.6) is 0 Å². The molecule has 0 fully saturated rings. The van der Waals surface area contributed by atoms with Gasteiger partial charge < -0.3 is 10.2 Å². The van der Waals surface area contributed by atoms with Gasteiger partial charge in [-0.2, -0.15) is 5.10 Å². The molecule has 2 amide bonds. The number of rotatable bonds is 6. The zero-order valence-corrected chi connectivity index (χ0v) is 14.1. The van der Waals surface area contributed by atoms with Gasteiger partial charge in [-0.15, -0.1) is 0 Å². The normalized spacial score (nSPS) is 16.5. The standard InChI is InChI=1S/C19H24N4O/c1-2-3-6-17-7-4-13-22(17)19(24)20-15-16-8-10-18(11-9-16)23-14-5-12-21-23/h4-5,7-12,14,17H,2-3,6,13,15H2,1H3,(H,20,24). The second-order valence-electron chi connectivity index (χ2n) is 6.07. The number of aromatic nitrogens is 2. The quantitative estimate of drug-likeness (QED) is 0.827. The maximum absolute atomic E-state index is 12.4.